The van der Waals surface area contributed by atoms with Crippen molar-refractivity contribution in [2.45, 2.75) is 6.42 Å². The number of hydrogen-bond donors (Lipinski definition) is 0. The van der Waals surface area contributed by atoms with Crippen LogP contribution in [-0.4, -0.2) is 14.8 Å². The maximum Gasteiger partial charge on any atom is 0.177 e. The normalized spacial score (nSPS) is 10.9. The lowest BCUT2D eigenvalue weighted by Crippen LogP contribution is -1.99. The number of hydrogen-bond acceptors (Lipinski definition) is 4. The average molecular weight is 471 g/mol. The van der Waals surface area contributed by atoms with Crippen LogP contribution in [0.1, 0.15) is 16.8 Å². The number of halogens is 3. The summed E-state index contributed by atoms with van der Waals surface area (Å²) in [5.74, 6) is -0.263. The first-order chi connectivity index (χ1) is 14.0. The van der Waals surface area contributed by atoms with Crippen LogP contribution in [0.25, 0.3) is 11.0 Å². The van der Waals surface area contributed by atoms with Crippen molar-refractivity contribution in [3.05, 3.63) is 87.8 Å². The number of rotatable bonds is 4. The molecule has 0 aliphatic carbocycles. The zero-order chi connectivity index (χ0) is 20.5. The maximum absolute atomic E-state index is 15.3. The number of ether oxygens (including phenoxy) is 1. The molecule has 0 bridgehead atoms. The first-order valence-electron chi connectivity index (χ1n) is 8.45. The van der Waals surface area contributed by atoms with E-state index in [-0.39, 0.29) is 17.9 Å². The monoisotopic (exact) mass is 469 g/mol. The molecule has 5 nitrogen and oxygen atoms in total. The molecule has 0 atom stereocenters. The van der Waals surface area contributed by atoms with Gasteiger partial charge in [0.1, 0.15) is 5.75 Å². The molecule has 0 saturated carbocycles. The molecule has 0 aliphatic heterocycles. The molecule has 0 amide bonds. The minimum atomic E-state index is -0.534. The van der Waals surface area contributed by atoms with E-state index in [9.17, 15) is 0 Å². The summed E-state index contributed by atoms with van der Waals surface area (Å²) in [4.78, 5) is 4.25. The summed E-state index contributed by atoms with van der Waals surface area (Å²) in [6, 6.07) is 13.5. The molecule has 2 aromatic carbocycles. The third-order valence-corrected chi connectivity index (χ3v) is 5.13. The van der Waals surface area contributed by atoms with Crippen molar-refractivity contribution < 1.29 is 9.13 Å². The summed E-state index contributed by atoms with van der Waals surface area (Å²) < 4.78 is 22.9. The van der Waals surface area contributed by atoms with Gasteiger partial charge in [0.15, 0.2) is 17.2 Å². The Morgan fingerprint density at radius 3 is 2.90 bits per heavy atom. The van der Waals surface area contributed by atoms with Crippen LogP contribution in [0.15, 0.2) is 53.1 Å². The lowest BCUT2D eigenvalue weighted by atomic mass is 10.1. The Morgan fingerprint density at radius 1 is 1.28 bits per heavy atom. The van der Waals surface area contributed by atoms with Crippen LogP contribution in [0.4, 0.5) is 4.39 Å². The summed E-state index contributed by atoms with van der Waals surface area (Å²) in [7, 11) is 3.82. The summed E-state index contributed by atoms with van der Waals surface area (Å²) in [6.07, 6.45) is 1.89. The van der Waals surface area contributed by atoms with Crippen LogP contribution in [0.3, 0.4) is 0 Å². The molecule has 0 aliphatic rings. The zero-order valence-electron chi connectivity index (χ0n) is 14.9. The maximum atomic E-state index is 15.3. The van der Waals surface area contributed by atoms with E-state index in [1.165, 1.54) is 22.9 Å². The number of benzene rings is 2. The first-order valence-corrected chi connectivity index (χ1v) is 9.62. The van der Waals surface area contributed by atoms with E-state index in [1.807, 2.05) is 12.1 Å². The topological polar surface area (TPSA) is 63.7 Å². The fourth-order valence-electron chi connectivity index (χ4n) is 2.99. The summed E-state index contributed by atoms with van der Waals surface area (Å²) in [5, 5.41) is 14.6. The number of nitrogens with zero attached hydrogens (tertiary/aromatic N) is 4. The molecular formula is C21H12BrClFN4O. The Kier molecular flexibility index (Phi) is 5.22. The van der Waals surface area contributed by atoms with E-state index in [0.29, 0.717) is 32.0 Å². The smallest absolute Gasteiger partial charge is 0.177 e. The quantitative estimate of drug-likeness (QED) is 0.373. The van der Waals surface area contributed by atoms with Gasteiger partial charge in [-0.2, -0.15) is 10.4 Å². The summed E-state index contributed by atoms with van der Waals surface area (Å²) in [5.41, 5.74) is 2.00. The molecule has 0 fully saturated rings. The van der Waals surface area contributed by atoms with Crippen molar-refractivity contribution in [3.63, 3.8) is 0 Å². The molecule has 2 heterocycles. The Labute approximate surface area is 179 Å². The first kappa shape index (κ1) is 19.4. The Morgan fingerprint density at radius 2 is 2.10 bits per heavy atom. The molecule has 8 heteroatoms. The van der Waals surface area contributed by atoms with Crippen LogP contribution < -0.4 is 4.74 Å². The molecule has 0 unspecified atom stereocenters. The van der Waals surface area contributed by atoms with Crippen molar-refractivity contribution in [2.75, 3.05) is 0 Å². The number of pyridine rings is 1. The molecule has 0 spiro atoms. The van der Waals surface area contributed by atoms with Crippen molar-refractivity contribution in [3.8, 4) is 17.6 Å². The SMILES string of the molecule is [CH2]n1nc(Cc2ccc(Br)c(Oc3cc(Cl)cc(C#N)c3)c2F)c2cccnc21. The van der Waals surface area contributed by atoms with Crippen molar-refractivity contribution in [2.24, 2.45) is 0 Å². The highest BCUT2D eigenvalue weighted by Gasteiger charge is 2.18. The highest BCUT2D eigenvalue weighted by molar-refractivity contribution is 9.10. The van der Waals surface area contributed by atoms with Crippen molar-refractivity contribution in [1.82, 2.24) is 14.8 Å². The van der Waals surface area contributed by atoms with Gasteiger partial charge in [0.05, 0.1) is 28.8 Å². The molecular weight excluding hydrogens is 459 g/mol. The molecule has 29 heavy (non-hydrogen) atoms. The summed E-state index contributed by atoms with van der Waals surface area (Å²) in [6.45, 7) is 0. The second-order valence-electron chi connectivity index (χ2n) is 6.24. The predicted octanol–water partition coefficient (Wildman–Crippen LogP) is 5.88. The van der Waals surface area contributed by atoms with Crippen LogP contribution in [0.5, 0.6) is 11.5 Å². The lowest BCUT2D eigenvalue weighted by molar-refractivity contribution is 0.436. The lowest BCUT2D eigenvalue weighted by Gasteiger charge is -2.12. The number of aromatic nitrogens is 3. The predicted molar refractivity (Wildman–Crippen MR) is 111 cm³/mol. The van der Waals surface area contributed by atoms with Gasteiger partial charge < -0.3 is 4.74 Å². The van der Waals surface area contributed by atoms with E-state index in [4.69, 9.17) is 21.6 Å². The minimum absolute atomic E-state index is 0.00476. The van der Waals surface area contributed by atoms with E-state index in [0.717, 1.165) is 5.39 Å². The molecule has 0 N–H and O–H groups in total. The van der Waals surface area contributed by atoms with E-state index < -0.39 is 5.82 Å². The van der Waals surface area contributed by atoms with Crippen LogP contribution in [0, 0.1) is 24.2 Å². The molecule has 2 aromatic heterocycles. The summed E-state index contributed by atoms with van der Waals surface area (Å²) >= 11 is 9.33. The van der Waals surface area contributed by atoms with E-state index >= 15 is 4.39 Å². The third-order valence-electron chi connectivity index (χ3n) is 4.29. The van der Waals surface area contributed by atoms with Crippen molar-refractivity contribution >= 4 is 38.6 Å². The second kappa shape index (κ2) is 7.82. The second-order valence-corrected chi connectivity index (χ2v) is 7.53. The highest BCUT2D eigenvalue weighted by atomic mass is 79.9. The van der Waals surface area contributed by atoms with Gasteiger partial charge in [-0.1, -0.05) is 17.7 Å². The fraction of sp³-hybridized carbons (Fsp3) is 0.0476. The molecule has 0 saturated heterocycles. The van der Waals surface area contributed by atoms with Gasteiger partial charge in [0, 0.05) is 23.0 Å². The average Bonchev–Trinajstić information content (AvgIpc) is 3.03. The fourth-order valence-corrected chi connectivity index (χ4v) is 3.61. The van der Waals surface area contributed by atoms with Crippen LogP contribution in [0.2, 0.25) is 5.02 Å². The van der Waals surface area contributed by atoms with Gasteiger partial charge in [-0.05, 0) is 57.9 Å². The standard InChI is InChI=1S/C21H12BrClFN4O/c1-28-21-16(3-2-6-26-21)18(27-28)9-13-4-5-17(22)20(19(13)24)29-15-8-12(11-25)7-14(23)10-15/h2-8,10H,1,9H2. The third kappa shape index (κ3) is 3.82. The number of fused-ring (bicyclic) bond motifs is 1. The molecule has 4 aromatic rings. The highest BCUT2D eigenvalue weighted by Crippen LogP contribution is 2.36. The van der Waals surface area contributed by atoms with Gasteiger partial charge >= 0.3 is 0 Å². The van der Waals surface area contributed by atoms with Gasteiger partial charge in [0.25, 0.3) is 0 Å². The van der Waals surface area contributed by atoms with Crippen molar-refractivity contribution in [1.29, 1.82) is 5.26 Å². The van der Waals surface area contributed by atoms with E-state index in [2.05, 4.69) is 33.1 Å². The van der Waals surface area contributed by atoms with Gasteiger partial charge in [0.2, 0.25) is 0 Å². The minimum Gasteiger partial charge on any atom is -0.453 e. The Bertz CT molecular complexity index is 1280. The Balaban J connectivity index is 1.72. The Hall–Kier alpha value is -2.95. The van der Waals surface area contributed by atoms with Crippen LogP contribution in [-0.2, 0) is 6.42 Å². The van der Waals surface area contributed by atoms with E-state index in [1.54, 1.807) is 24.4 Å². The zero-order valence-corrected chi connectivity index (χ0v) is 17.2. The largest absolute Gasteiger partial charge is 0.453 e. The number of nitriles is 1. The molecule has 4 rings (SSSR count). The molecule has 1 radical (unpaired) electrons. The van der Waals surface area contributed by atoms with Crippen LogP contribution >= 0.6 is 27.5 Å². The van der Waals surface area contributed by atoms with Gasteiger partial charge in [-0.15, -0.1) is 0 Å². The van der Waals surface area contributed by atoms with Gasteiger partial charge in [-0.25, -0.2) is 14.1 Å². The van der Waals surface area contributed by atoms with Gasteiger partial charge in [-0.3, -0.25) is 0 Å². The molecule has 143 valence electrons.